The maximum Gasteiger partial charge on any atom is 0.117 e. The maximum absolute atomic E-state index is 5.55. The minimum Gasteiger partial charge on any atom is -0.365 e. The summed E-state index contributed by atoms with van der Waals surface area (Å²) in [6.07, 6.45) is 0. The van der Waals surface area contributed by atoms with Gasteiger partial charge in [-0.25, -0.2) is 0 Å². The fraction of sp³-hybridized carbons (Fsp3) is 0.400. The Labute approximate surface area is 107 Å². The zero-order valence-corrected chi connectivity index (χ0v) is 11.1. The Kier molecular flexibility index (Phi) is 2.52. The van der Waals surface area contributed by atoms with Crippen LogP contribution in [-0.2, 0) is 16.9 Å². The second kappa shape index (κ2) is 3.95. The molecule has 0 radical (unpaired) electrons. The van der Waals surface area contributed by atoms with Crippen LogP contribution in [0.1, 0.15) is 29.4 Å². The monoisotopic (exact) mass is 242 g/mol. The van der Waals surface area contributed by atoms with Crippen LogP contribution in [-0.4, -0.2) is 16.4 Å². The smallest absolute Gasteiger partial charge is 0.117 e. The number of hydrogen-bond donors (Lipinski definition) is 0. The Bertz CT molecular complexity index is 568. The first-order valence-electron chi connectivity index (χ1n) is 6.32. The maximum atomic E-state index is 5.55. The zero-order chi connectivity index (χ0) is 12.8. The lowest BCUT2D eigenvalue weighted by Crippen LogP contribution is -2.07. The molecule has 1 saturated heterocycles. The van der Waals surface area contributed by atoms with Gasteiger partial charge in [0, 0.05) is 11.3 Å². The molecular weight excluding hydrogens is 224 g/mol. The number of rotatable bonds is 3. The van der Waals surface area contributed by atoms with Crippen LogP contribution < -0.4 is 0 Å². The van der Waals surface area contributed by atoms with E-state index in [0.717, 1.165) is 18.8 Å². The number of epoxide rings is 1. The lowest BCUT2D eigenvalue weighted by atomic mass is 10.0. The molecule has 1 atom stereocenters. The summed E-state index contributed by atoms with van der Waals surface area (Å²) < 4.78 is 7.63. The zero-order valence-electron chi connectivity index (χ0n) is 11.1. The van der Waals surface area contributed by atoms with Crippen LogP contribution in [0.5, 0.6) is 0 Å². The van der Waals surface area contributed by atoms with Crippen LogP contribution in [0.4, 0.5) is 0 Å². The molecule has 1 fully saturated rings. The van der Waals surface area contributed by atoms with E-state index in [1.807, 2.05) is 6.07 Å². The molecule has 2 aromatic rings. The third kappa shape index (κ3) is 1.85. The minimum absolute atomic E-state index is 0.0941. The lowest BCUT2D eigenvalue weighted by Gasteiger charge is -2.07. The predicted molar refractivity (Wildman–Crippen MR) is 70.5 cm³/mol. The van der Waals surface area contributed by atoms with Crippen molar-refractivity contribution >= 4 is 0 Å². The summed E-state index contributed by atoms with van der Waals surface area (Å²) in [6, 6.07) is 10.4. The van der Waals surface area contributed by atoms with Gasteiger partial charge in [-0.05, 0) is 26.3 Å². The van der Waals surface area contributed by atoms with Crippen molar-refractivity contribution in [2.45, 2.75) is 32.9 Å². The van der Waals surface area contributed by atoms with Gasteiger partial charge in [0.05, 0.1) is 18.8 Å². The van der Waals surface area contributed by atoms with Gasteiger partial charge in [-0.1, -0.05) is 30.3 Å². The number of aryl methyl sites for hydroxylation is 1. The molecular formula is C15H18N2O. The van der Waals surface area contributed by atoms with Gasteiger partial charge in [0.2, 0.25) is 0 Å². The molecule has 1 aromatic heterocycles. The van der Waals surface area contributed by atoms with Crippen molar-refractivity contribution in [3.63, 3.8) is 0 Å². The molecule has 1 aromatic carbocycles. The topological polar surface area (TPSA) is 30.4 Å². The van der Waals surface area contributed by atoms with Gasteiger partial charge >= 0.3 is 0 Å². The highest BCUT2D eigenvalue weighted by molar-refractivity contribution is 5.34. The van der Waals surface area contributed by atoms with E-state index in [2.05, 4.69) is 54.8 Å². The summed E-state index contributed by atoms with van der Waals surface area (Å²) in [5.74, 6) is 0. The van der Waals surface area contributed by atoms with E-state index in [1.54, 1.807) is 0 Å². The van der Waals surface area contributed by atoms with Gasteiger partial charge in [-0.15, -0.1) is 0 Å². The second-order valence-corrected chi connectivity index (χ2v) is 5.21. The molecule has 0 spiro atoms. The summed E-state index contributed by atoms with van der Waals surface area (Å²) in [5.41, 5.74) is 4.75. The molecule has 3 rings (SSSR count). The van der Waals surface area contributed by atoms with E-state index in [9.17, 15) is 0 Å². The second-order valence-electron chi connectivity index (χ2n) is 5.21. The Morgan fingerprint density at radius 2 is 1.94 bits per heavy atom. The van der Waals surface area contributed by atoms with Crippen LogP contribution in [0, 0.1) is 13.8 Å². The molecule has 3 nitrogen and oxygen atoms in total. The number of ether oxygens (including phenoxy) is 1. The van der Waals surface area contributed by atoms with Gasteiger partial charge in [-0.2, -0.15) is 5.10 Å². The molecule has 0 aliphatic carbocycles. The third-order valence-corrected chi connectivity index (χ3v) is 3.66. The van der Waals surface area contributed by atoms with Crippen molar-refractivity contribution < 1.29 is 4.74 Å². The van der Waals surface area contributed by atoms with Gasteiger partial charge in [0.25, 0.3) is 0 Å². The standard InChI is InChI=1S/C15H18N2O/c1-11-14(15(3)10-18-15)12(2)17(16-11)9-13-7-5-4-6-8-13/h4-8H,9-10H2,1-3H3. The Balaban J connectivity index is 1.95. The molecule has 1 unspecified atom stereocenters. The van der Waals surface area contributed by atoms with Crippen molar-refractivity contribution in [1.82, 2.24) is 9.78 Å². The van der Waals surface area contributed by atoms with E-state index in [-0.39, 0.29) is 5.60 Å². The largest absolute Gasteiger partial charge is 0.365 e. The first-order chi connectivity index (χ1) is 8.60. The van der Waals surface area contributed by atoms with Crippen molar-refractivity contribution in [2.75, 3.05) is 6.61 Å². The number of hydrogen-bond acceptors (Lipinski definition) is 2. The van der Waals surface area contributed by atoms with Gasteiger partial charge in [0.15, 0.2) is 0 Å². The normalized spacial score (nSPS) is 22.2. The van der Waals surface area contributed by atoms with E-state index in [4.69, 9.17) is 4.74 Å². The van der Waals surface area contributed by atoms with E-state index in [0.29, 0.717) is 0 Å². The van der Waals surface area contributed by atoms with Gasteiger partial charge in [0.1, 0.15) is 5.60 Å². The average Bonchev–Trinajstić information content (AvgIpc) is 3.01. The molecule has 18 heavy (non-hydrogen) atoms. The first-order valence-corrected chi connectivity index (χ1v) is 6.32. The fourth-order valence-electron chi connectivity index (χ4n) is 2.63. The van der Waals surface area contributed by atoms with Crippen LogP contribution >= 0.6 is 0 Å². The molecule has 3 heteroatoms. The Hall–Kier alpha value is -1.61. The van der Waals surface area contributed by atoms with Crippen LogP contribution in [0.15, 0.2) is 30.3 Å². The summed E-state index contributed by atoms with van der Waals surface area (Å²) in [5, 5.41) is 4.65. The summed E-state index contributed by atoms with van der Waals surface area (Å²) in [7, 11) is 0. The predicted octanol–water partition coefficient (Wildman–Crippen LogP) is 2.79. The number of aromatic nitrogens is 2. The van der Waals surface area contributed by atoms with Crippen molar-refractivity contribution in [1.29, 1.82) is 0 Å². The average molecular weight is 242 g/mol. The highest BCUT2D eigenvalue weighted by Crippen LogP contribution is 2.41. The summed E-state index contributed by atoms with van der Waals surface area (Å²) in [4.78, 5) is 0. The molecule has 1 aliphatic rings. The molecule has 0 amide bonds. The highest BCUT2D eigenvalue weighted by atomic mass is 16.6. The molecule has 0 saturated carbocycles. The molecule has 1 aliphatic heterocycles. The van der Waals surface area contributed by atoms with Crippen LogP contribution in [0.25, 0.3) is 0 Å². The van der Waals surface area contributed by atoms with E-state index >= 15 is 0 Å². The SMILES string of the molecule is Cc1nn(Cc2ccccc2)c(C)c1C1(C)CO1. The highest BCUT2D eigenvalue weighted by Gasteiger charge is 2.45. The number of nitrogens with zero attached hydrogens (tertiary/aromatic N) is 2. The Morgan fingerprint density at radius 3 is 2.56 bits per heavy atom. The van der Waals surface area contributed by atoms with Gasteiger partial charge < -0.3 is 4.74 Å². The van der Waals surface area contributed by atoms with Crippen LogP contribution in [0.3, 0.4) is 0 Å². The minimum atomic E-state index is -0.0941. The molecule has 2 heterocycles. The van der Waals surface area contributed by atoms with E-state index in [1.165, 1.54) is 16.8 Å². The summed E-state index contributed by atoms with van der Waals surface area (Å²) in [6.45, 7) is 7.97. The first kappa shape index (κ1) is 11.5. The lowest BCUT2D eigenvalue weighted by molar-refractivity contribution is 0.327. The van der Waals surface area contributed by atoms with Crippen molar-refractivity contribution in [3.8, 4) is 0 Å². The van der Waals surface area contributed by atoms with Gasteiger partial charge in [-0.3, -0.25) is 4.68 Å². The number of benzene rings is 1. The fourth-order valence-corrected chi connectivity index (χ4v) is 2.63. The summed E-state index contributed by atoms with van der Waals surface area (Å²) >= 11 is 0. The van der Waals surface area contributed by atoms with Crippen LogP contribution in [0.2, 0.25) is 0 Å². The van der Waals surface area contributed by atoms with Crippen molar-refractivity contribution in [2.24, 2.45) is 0 Å². The van der Waals surface area contributed by atoms with Crippen molar-refractivity contribution in [3.05, 3.63) is 52.8 Å². The van der Waals surface area contributed by atoms with E-state index < -0.39 is 0 Å². The molecule has 94 valence electrons. The Morgan fingerprint density at radius 1 is 1.28 bits per heavy atom. The molecule has 0 N–H and O–H groups in total. The quantitative estimate of drug-likeness (QED) is 0.775. The third-order valence-electron chi connectivity index (χ3n) is 3.66. The molecule has 0 bridgehead atoms.